The summed E-state index contributed by atoms with van der Waals surface area (Å²) in [4.78, 5) is 28.1. The summed E-state index contributed by atoms with van der Waals surface area (Å²) in [6.45, 7) is 3.08. The summed E-state index contributed by atoms with van der Waals surface area (Å²) in [5.41, 5.74) is 10.0. The van der Waals surface area contributed by atoms with Gasteiger partial charge in [0.05, 0.1) is 24.9 Å². The number of amides is 1. The summed E-state index contributed by atoms with van der Waals surface area (Å²) in [5, 5.41) is 4.65. The van der Waals surface area contributed by atoms with Gasteiger partial charge in [-0.25, -0.2) is 15.0 Å². The van der Waals surface area contributed by atoms with E-state index >= 15 is 0 Å². The molecule has 2 unspecified atom stereocenters. The molecule has 0 spiro atoms. The first-order valence-electron chi connectivity index (χ1n) is 9.48. The van der Waals surface area contributed by atoms with Crippen molar-refractivity contribution in [3.63, 3.8) is 0 Å². The summed E-state index contributed by atoms with van der Waals surface area (Å²) in [7, 11) is 0. The quantitative estimate of drug-likeness (QED) is 0.469. The molecule has 29 heavy (non-hydrogen) atoms. The standard InChI is InChI=1S/C20H20ClN7O/c1-10-2-15(10)20(29)23-6-14-5-11-3-13(21)4-12(16(11)27-14)7-28-9-26-17-18(22)24-8-25-19(17)28/h3-5,8-10,15,27H,2,6-7H2,1H3,(H,23,29)(H2,22,24,25). The Morgan fingerprint density at radius 1 is 1.34 bits per heavy atom. The summed E-state index contributed by atoms with van der Waals surface area (Å²) in [5.74, 6) is 1.13. The number of anilines is 1. The van der Waals surface area contributed by atoms with Gasteiger partial charge in [-0.15, -0.1) is 0 Å². The zero-order valence-electron chi connectivity index (χ0n) is 15.8. The number of fused-ring (bicyclic) bond motifs is 2. The smallest absolute Gasteiger partial charge is 0.223 e. The molecule has 2 atom stereocenters. The summed E-state index contributed by atoms with van der Waals surface area (Å²) >= 11 is 6.36. The van der Waals surface area contributed by atoms with Crippen LogP contribution in [0.1, 0.15) is 24.6 Å². The highest BCUT2D eigenvalue weighted by atomic mass is 35.5. The first-order chi connectivity index (χ1) is 14.0. The molecule has 1 aromatic carbocycles. The van der Waals surface area contributed by atoms with E-state index in [0.29, 0.717) is 41.0 Å². The number of benzene rings is 1. The Hall–Kier alpha value is -3.13. The van der Waals surface area contributed by atoms with Gasteiger partial charge < -0.3 is 20.6 Å². The van der Waals surface area contributed by atoms with Crippen LogP contribution in [0, 0.1) is 11.8 Å². The molecule has 1 aliphatic rings. The highest BCUT2D eigenvalue weighted by Gasteiger charge is 2.38. The molecule has 1 amide bonds. The van der Waals surface area contributed by atoms with Crippen molar-refractivity contribution in [2.75, 3.05) is 5.73 Å². The molecule has 8 nitrogen and oxygen atoms in total. The van der Waals surface area contributed by atoms with E-state index in [9.17, 15) is 4.79 Å². The van der Waals surface area contributed by atoms with Gasteiger partial charge in [-0.1, -0.05) is 18.5 Å². The van der Waals surface area contributed by atoms with Crippen LogP contribution >= 0.6 is 11.6 Å². The molecule has 3 aromatic heterocycles. The minimum Gasteiger partial charge on any atom is -0.382 e. The van der Waals surface area contributed by atoms with Gasteiger partial charge in [-0.3, -0.25) is 4.79 Å². The Bertz CT molecular complexity index is 1240. The number of hydrogen-bond acceptors (Lipinski definition) is 5. The van der Waals surface area contributed by atoms with Crippen LogP contribution in [0.5, 0.6) is 0 Å². The third-order valence-electron chi connectivity index (χ3n) is 5.50. The third kappa shape index (κ3) is 3.29. The number of aromatic nitrogens is 5. The van der Waals surface area contributed by atoms with Crippen LogP contribution in [0.4, 0.5) is 5.82 Å². The van der Waals surface area contributed by atoms with E-state index in [1.807, 2.05) is 22.8 Å². The first-order valence-corrected chi connectivity index (χ1v) is 9.86. The van der Waals surface area contributed by atoms with Crippen LogP contribution in [0.25, 0.3) is 22.1 Å². The SMILES string of the molecule is CC1CC1C(=O)NCc1cc2cc(Cl)cc(Cn3cnc4c(N)ncnc43)c2[nH]1. The molecule has 9 heteroatoms. The lowest BCUT2D eigenvalue weighted by molar-refractivity contribution is -0.122. The molecule has 148 valence electrons. The van der Waals surface area contributed by atoms with Gasteiger partial charge >= 0.3 is 0 Å². The predicted octanol–water partition coefficient (Wildman–Crippen LogP) is 2.86. The Morgan fingerprint density at radius 3 is 2.97 bits per heavy atom. The molecular formula is C20H20ClN7O. The number of H-pyrrole nitrogens is 1. The number of hydrogen-bond donors (Lipinski definition) is 3. The number of carbonyl (C=O) groups is 1. The van der Waals surface area contributed by atoms with Crippen LogP contribution < -0.4 is 11.1 Å². The van der Waals surface area contributed by atoms with Crippen molar-refractivity contribution >= 4 is 45.4 Å². The lowest BCUT2D eigenvalue weighted by Crippen LogP contribution is -2.24. The van der Waals surface area contributed by atoms with Crippen molar-refractivity contribution in [2.24, 2.45) is 11.8 Å². The third-order valence-corrected chi connectivity index (χ3v) is 5.72. The lowest BCUT2D eigenvalue weighted by Gasteiger charge is -2.07. The largest absolute Gasteiger partial charge is 0.382 e. The second-order valence-corrected chi connectivity index (χ2v) is 8.10. The molecule has 1 aliphatic carbocycles. The van der Waals surface area contributed by atoms with E-state index < -0.39 is 0 Å². The van der Waals surface area contributed by atoms with Crippen molar-refractivity contribution in [3.8, 4) is 0 Å². The van der Waals surface area contributed by atoms with Gasteiger partial charge in [0, 0.05) is 22.0 Å². The zero-order chi connectivity index (χ0) is 20.1. The molecule has 0 radical (unpaired) electrons. The van der Waals surface area contributed by atoms with Gasteiger partial charge in [0.15, 0.2) is 11.5 Å². The van der Waals surface area contributed by atoms with Crippen LogP contribution in [0.3, 0.4) is 0 Å². The number of nitrogen functional groups attached to an aromatic ring is 1. The molecular weight excluding hydrogens is 390 g/mol. The van der Waals surface area contributed by atoms with Crippen LogP contribution in [-0.2, 0) is 17.9 Å². The number of aromatic amines is 1. The number of rotatable bonds is 5. The highest BCUT2D eigenvalue weighted by molar-refractivity contribution is 6.31. The fourth-order valence-electron chi connectivity index (χ4n) is 3.76. The van der Waals surface area contributed by atoms with Gasteiger partial charge in [0.1, 0.15) is 11.8 Å². The van der Waals surface area contributed by atoms with Crippen molar-refractivity contribution < 1.29 is 4.79 Å². The Labute approximate surface area is 171 Å². The molecule has 0 saturated heterocycles. The number of carbonyl (C=O) groups excluding carboxylic acids is 1. The van der Waals surface area contributed by atoms with Crippen molar-refractivity contribution in [1.29, 1.82) is 0 Å². The minimum absolute atomic E-state index is 0.122. The average molecular weight is 410 g/mol. The Balaban J connectivity index is 1.44. The molecule has 1 saturated carbocycles. The number of nitrogens with zero attached hydrogens (tertiary/aromatic N) is 4. The van der Waals surface area contributed by atoms with E-state index in [-0.39, 0.29) is 11.8 Å². The lowest BCUT2D eigenvalue weighted by atomic mass is 10.1. The van der Waals surface area contributed by atoms with E-state index in [1.54, 1.807) is 6.33 Å². The maximum Gasteiger partial charge on any atom is 0.223 e. The summed E-state index contributed by atoms with van der Waals surface area (Å²) in [6.07, 6.45) is 4.11. The molecule has 0 bridgehead atoms. The van der Waals surface area contributed by atoms with Gasteiger partial charge in [0.2, 0.25) is 5.91 Å². The summed E-state index contributed by atoms with van der Waals surface area (Å²) in [6, 6.07) is 5.86. The first kappa shape index (κ1) is 17.9. The number of nitrogens with two attached hydrogens (primary N) is 1. The van der Waals surface area contributed by atoms with Gasteiger partial charge in [-0.2, -0.15) is 0 Å². The fraction of sp³-hybridized carbons (Fsp3) is 0.300. The highest BCUT2D eigenvalue weighted by Crippen LogP contribution is 2.37. The van der Waals surface area contributed by atoms with Crippen molar-refractivity contribution in [1.82, 2.24) is 29.8 Å². The maximum absolute atomic E-state index is 12.1. The molecule has 3 heterocycles. The number of imidazole rings is 1. The second kappa shape index (κ2) is 6.73. The zero-order valence-corrected chi connectivity index (χ0v) is 16.6. The number of halogens is 1. The molecule has 5 rings (SSSR count). The Morgan fingerprint density at radius 2 is 2.17 bits per heavy atom. The molecule has 4 aromatic rings. The fourth-order valence-corrected chi connectivity index (χ4v) is 4.01. The molecule has 0 aliphatic heterocycles. The molecule has 1 fully saturated rings. The van der Waals surface area contributed by atoms with Crippen LogP contribution in [0.2, 0.25) is 5.02 Å². The molecule has 4 N–H and O–H groups in total. The number of nitrogens with one attached hydrogen (secondary N) is 2. The van der Waals surface area contributed by atoms with Gasteiger partial charge in [-0.05, 0) is 36.1 Å². The monoisotopic (exact) mass is 409 g/mol. The normalized spacial score (nSPS) is 18.4. The summed E-state index contributed by atoms with van der Waals surface area (Å²) < 4.78 is 1.91. The van der Waals surface area contributed by atoms with Gasteiger partial charge in [0.25, 0.3) is 0 Å². The van der Waals surface area contributed by atoms with E-state index in [1.165, 1.54) is 6.33 Å². The maximum atomic E-state index is 12.1. The van der Waals surface area contributed by atoms with E-state index in [4.69, 9.17) is 17.3 Å². The van der Waals surface area contributed by atoms with E-state index in [0.717, 1.165) is 28.6 Å². The Kier molecular flexibility index (Phi) is 4.16. The minimum atomic E-state index is 0.122. The average Bonchev–Trinajstić information content (AvgIpc) is 3.09. The van der Waals surface area contributed by atoms with Crippen LogP contribution in [0.15, 0.2) is 30.9 Å². The topological polar surface area (TPSA) is 115 Å². The van der Waals surface area contributed by atoms with Crippen molar-refractivity contribution in [3.05, 3.63) is 47.1 Å². The van der Waals surface area contributed by atoms with Crippen LogP contribution in [-0.4, -0.2) is 30.4 Å². The van der Waals surface area contributed by atoms with E-state index in [2.05, 4.69) is 32.2 Å². The van der Waals surface area contributed by atoms with Crippen molar-refractivity contribution in [2.45, 2.75) is 26.4 Å². The second-order valence-electron chi connectivity index (χ2n) is 7.66. The predicted molar refractivity (Wildman–Crippen MR) is 111 cm³/mol.